The predicted molar refractivity (Wildman–Crippen MR) is 66.8 cm³/mol. The van der Waals surface area contributed by atoms with Crippen LogP contribution in [0.5, 0.6) is 0 Å². The highest BCUT2D eigenvalue weighted by atomic mass is 16.5. The number of carbonyl (C=O) groups excluding carboxylic acids is 1. The van der Waals surface area contributed by atoms with Crippen molar-refractivity contribution in [3.05, 3.63) is 0 Å². The maximum atomic E-state index is 11.6. The van der Waals surface area contributed by atoms with Crippen LogP contribution in [0.25, 0.3) is 0 Å². The van der Waals surface area contributed by atoms with E-state index in [1.807, 2.05) is 0 Å². The van der Waals surface area contributed by atoms with Gasteiger partial charge in [0.05, 0.1) is 6.61 Å². The Bertz CT molecular complexity index is 234. The van der Waals surface area contributed by atoms with Gasteiger partial charge in [-0.15, -0.1) is 0 Å². The Balaban J connectivity index is 1.53. The minimum absolute atomic E-state index is 0.0562. The van der Waals surface area contributed by atoms with Crippen LogP contribution in [-0.2, 0) is 9.53 Å². The highest BCUT2D eigenvalue weighted by molar-refractivity contribution is 5.77. The van der Waals surface area contributed by atoms with Crippen LogP contribution in [-0.4, -0.2) is 38.3 Å². The third-order valence-corrected chi connectivity index (χ3v) is 3.71. The van der Waals surface area contributed by atoms with Gasteiger partial charge in [-0.2, -0.15) is 0 Å². The summed E-state index contributed by atoms with van der Waals surface area (Å²) in [4.78, 5) is 11.6. The highest BCUT2D eigenvalue weighted by Gasteiger charge is 2.18. The normalized spacial score (nSPS) is 26.0. The molecule has 17 heavy (non-hydrogen) atoms. The van der Waals surface area contributed by atoms with Crippen molar-refractivity contribution < 1.29 is 9.53 Å². The number of amides is 1. The summed E-state index contributed by atoms with van der Waals surface area (Å²) in [6, 6.07) is 0.405. The molecule has 4 nitrogen and oxygen atoms in total. The molecule has 2 aliphatic rings. The number of hydrogen-bond acceptors (Lipinski definition) is 3. The molecule has 1 saturated carbocycles. The van der Waals surface area contributed by atoms with Crippen LogP contribution < -0.4 is 10.6 Å². The molecule has 0 bridgehead atoms. The summed E-state index contributed by atoms with van der Waals surface area (Å²) < 4.78 is 5.49. The Morgan fingerprint density at radius 1 is 1.24 bits per heavy atom. The maximum Gasteiger partial charge on any atom is 0.246 e. The summed E-state index contributed by atoms with van der Waals surface area (Å²) in [6.45, 7) is 3.10. The van der Waals surface area contributed by atoms with Crippen molar-refractivity contribution in [1.29, 1.82) is 0 Å². The molecule has 1 unspecified atom stereocenters. The Morgan fingerprint density at radius 3 is 2.76 bits per heavy atom. The van der Waals surface area contributed by atoms with Crippen molar-refractivity contribution in [3.63, 3.8) is 0 Å². The van der Waals surface area contributed by atoms with Crippen molar-refractivity contribution in [1.82, 2.24) is 10.6 Å². The second-order valence-corrected chi connectivity index (χ2v) is 5.28. The summed E-state index contributed by atoms with van der Waals surface area (Å²) in [5, 5.41) is 6.39. The smallest absolute Gasteiger partial charge is 0.246 e. The molecule has 0 aromatic heterocycles. The molecule has 1 saturated heterocycles. The van der Waals surface area contributed by atoms with E-state index in [0.717, 1.165) is 25.9 Å². The van der Waals surface area contributed by atoms with Crippen molar-refractivity contribution in [3.8, 4) is 0 Å². The lowest BCUT2D eigenvalue weighted by Gasteiger charge is -2.22. The van der Waals surface area contributed by atoms with Gasteiger partial charge in [-0.1, -0.05) is 12.8 Å². The second kappa shape index (κ2) is 6.97. The fourth-order valence-corrected chi connectivity index (χ4v) is 2.72. The van der Waals surface area contributed by atoms with Gasteiger partial charge in [-0.25, -0.2) is 0 Å². The molecule has 4 heteroatoms. The van der Waals surface area contributed by atoms with E-state index in [-0.39, 0.29) is 12.5 Å². The topological polar surface area (TPSA) is 50.4 Å². The molecular formula is C13H24N2O2. The molecule has 1 aliphatic carbocycles. The number of nitrogens with one attached hydrogen (secondary N) is 2. The van der Waals surface area contributed by atoms with Crippen LogP contribution >= 0.6 is 0 Å². The fraction of sp³-hybridized carbons (Fsp3) is 0.923. The van der Waals surface area contributed by atoms with Gasteiger partial charge in [-0.3, -0.25) is 4.79 Å². The number of rotatable bonds is 5. The number of hydrogen-bond donors (Lipinski definition) is 2. The van der Waals surface area contributed by atoms with Crippen LogP contribution in [0.1, 0.15) is 38.5 Å². The first kappa shape index (κ1) is 12.8. The first-order valence-corrected chi connectivity index (χ1v) is 6.92. The monoisotopic (exact) mass is 240 g/mol. The van der Waals surface area contributed by atoms with Crippen LogP contribution in [0, 0.1) is 5.92 Å². The molecule has 0 aromatic rings. The van der Waals surface area contributed by atoms with Crippen LogP contribution in [0.3, 0.4) is 0 Å². The van der Waals surface area contributed by atoms with E-state index < -0.39 is 0 Å². The molecule has 0 aromatic carbocycles. The van der Waals surface area contributed by atoms with Gasteiger partial charge in [0.1, 0.15) is 6.61 Å². The first-order chi connectivity index (χ1) is 8.34. The van der Waals surface area contributed by atoms with E-state index >= 15 is 0 Å². The molecule has 0 spiro atoms. The molecule has 1 heterocycles. The largest absolute Gasteiger partial charge is 0.371 e. The summed E-state index contributed by atoms with van der Waals surface area (Å²) in [7, 11) is 0. The standard InChI is InChI=1S/C13H24N2O2/c16-13(15-12-5-1-2-6-12)10-17-9-11-4-3-7-14-8-11/h11-12,14H,1-10H2,(H,15,16). The van der Waals surface area contributed by atoms with E-state index in [1.54, 1.807) is 0 Å². The average Bonchev–Trinajstić information content (AvgIpc) is 2.83. The minimum atomic E-state index is 0.0562. The van der Waals surface area contributed by atoms with Gasteiger partial charge >= 0.3 is 0 Å². The van der Waals surface area contributed by atoms with E-state index in [1.165, 1.54) is 25.7 Å². The van der Waals surface area contributed by atoms with E-state index in [4.69, 9.17) is 4.74 Å². The molecule has 1 atom stereocenters. The summed E-state index contributed by atoms with van der Waals surface area (Å²) in [5.74, 6) is 0.642. The Morgan fingerprint density at radius 2 is 2.06 bits per heavy atom. The SMILES string of the molecule is O=C(COCC1CCCNC1)NC1CCCC1. The lowest BCUT2D eigenvalue weighted by Crippen LogP contribution is -2.37. The van der Waals surface area contributed by atoms with Gasteiger partial charge in [-0.05, 0) is 38.1 Å². The lowest BCUT2D eigenvalue weighted by molar-refractivity contribution is -0.126. The zero-order valence-corrected chi connectivity index (χ0v) is 10.5. The quantitative estimate of drug-likeness (QED) is 0.755. The van der Waals surface area contributed by atoms with Crippen LogP contribution in [0.4, 0.5) is 0 Å². The first-order valence-electron chi connectivity index (χ1n) is 6.92. The summed E-state index contributed by atoms with van der Waals surface area (Å²) in [6.07, 6.45) is 7.22. The zero-order valence-electron chi connectivity index (χ0n) is 10.5. The summed E-state index contributed by atoms with van der Waals surface area (Å²) >= 11 is 0. The van der Waals surface area contributed by atoms with Gasteiger partial charge < -0.3 is 15.4 Å². The minimum Gasteiger partial charge on any atom is -0.371 e. The Kier molecular flexibility index (Phi) is 5.26. The predicted octanol–water partition coefficient (Wildman–Crippen LogP) is 1.06. The maximum absolute atomic E-state index is 11.6. The number of piperidine rings is 1. The third kappa shape index (κ3) is 4.64. The zero-order chi connectivity index (χ0) is 11.9. The van der Waals surface area contributed by atoms with Gasteiger partial charge in [0, 0.05) is 12.6 Å². The van der Waals surface area contributed by atoms with Gasteiger partial charge in [0.25, 0.3) is 0 Å². The van der Waals surface area contributed by atoms with Gasteiger partial charge in [0.15, 0.2) is 0 Å². The molecule has 1 amide bonds. The molecule has 1 aliphatic heterocycles. The molecule has 2 N–H and O–H groups in total. The molecular weight excluding hydrogens is 216 g/mol. The molecule has 2 fully saturated rings. The second-order valence-electron chi connectivity index (χ2n) is 5.28. The Labute approximate surface area is 103 Å². The Hall–Kier alpha value is -0.610. The molecule has 0 radical (unpaired) electrons. The van der Waals surface area contributed by atoms with E-state index in [9.17, 15) is 4.79 Å². The van der Waals surface area contributed by atoms with Gasteiger partial charge in [0.2, 0.25) is 5.91 Å². The fourth-order valence-electron chi connectivity index (χ4n) is 2.72. The van der Waals surface area contributed by atoms with Crippen molar-refractivity contribution in [2.75, 3.05) is 26.3 Å². The van der Waals surface area contributed by atoms with Crippen molar-refractivity contribution in [2.24, 2.45) is 5.92 Å². The van der Waals surface area contributed by atoms with Crippen LogP contribution in [0.2, 0.25) is 0 Å². The molecule has 98 valence electrons. The van der Waals surface area contributed by atoms with Crippen molar-refractivity contribution >= 4 is 5.91 Å². The highest BCUT2D eigenvalue weighted by Crippen LogP contribution is 2.17. The average molecular weight is 240 g/mol. The number of ether oxygens (including phenoxy) is 1. The van der Waals surface area contributed by atoms with E-state index in [2.05, 4.69) is 10.6 Å². The summed E-state index contributed by atoms with van der Waals surface area (Å²) in [5.41, 5.74) is 0. The number of carbonyl (C=O) groups is 1. The van der Waals surface area contributed by atoms with Crippen LogP contribution in [0.15, 0.2) is 0 Å². The molecule has 2 rings (SSSR count). The van der Waals surface area contributed by atoms with E-state index in [0.29, 0.717) is 18.6 Å². The lowest BCUT2D eigenvalue weighted by atomic mass is 10.0. The third-order valence-electron chi connectivity index (χ3n) is 3.71. The van der Waals surface area contributed by atoms with Crippen molar-refractivity contribution in [2.45, 2.75) is 44.6 Å².